The number of rotatable bonds is 10. The molecule has 0 aliphatic carbocycles. The summed E-state index contributed by atoms with van der Waals surface area (Å²) in [4.78, 5) is 7.93. The van der Waals surface area contributed by atoms with Gasteiger partial charge in [-0.1, -0.05) is 126 Å². The summed E-state index contributed by atoms with van der Waals surface area (Å²) in [5.41, 5.74) is 3.80. The molecule has 0 aliphatic heterocycles. The normalized spacial score (nSPS) is 14.1. The van der Waals surface area contributed by atoms with Gasteiger partial charge in [0.25, 0.3) is 0 Å². The predicted octanol–water partition coefficient (Wildman–Crippen LogP) is 7.86. The minimum atomic E-state index is -0.747. The Morgan fingerprint density at radius 1 is 0.480 bits per heavy atom. The highest BCUT2D eigenvalue weighted by Gasteiger charge is 2.35. The Morgan fingerprint density at radius 2 is 0.800 bits per heavy atom. The maximum absolute atomic E-state index is 10.7. The molecular formula is C40H46N6O4. The number of aromatic nitrogens is 6. The minimum absolute atomic E-state index is 0.361. The van der Waals surface area contributed by atoms with E-state index >= 15 is 0 Å². The molecule has 0 radical (unpaired) electrons. The van der Waals surface area contributed by atoms with Gasteiger partial charge in [0, 0.05) is 0 Å². The summed E-state index contributed by atoms with van der Waals surface area (Å²) in [5, 5.41) is 29.7. The zero-order valence-electron chi connectivity index (χ0n) is 29.4. The third kappa shape index (κ3) is 9.43. The molecule has 0 aliphatic rings. The molecule has 50 heavy (non-hydrogen) atoms. The zero-order chi connectivity index (χ0) is 35.7. The van der Waals surface area contributed by atoms with Crippen LogP contribution in [0.1, 0.15) is 54.0 Å². The summed E-state index contributed by atoms with van der Waals surface area (Å²) < 4.78 is 15.2. The highest BCUT2D eigenvalue weighted by atomic mass is 16.5. The van der Waals surface area contributed by atoms with Crippen molar-refractivity contribution in [3.05, 3.63) is 135 Å². The number of aliphatic hydroxyl groups excluding tert-OH is 2. The summed E-state index contributed by atoms with van der Waals surface area (Å²) in [7, 11) is 0. The van der Waals surface area contributed by atoms with E-state index < -0.39 is 24.7 Å². The van der Waals surface area contributed by atoms with Crippen molar-refractivity contribution in [2.45, 2.75) is 66.2 Å². The van der Waals surface area contributed by atoms with E-state index in [0.717, 1.165) is 22.3 Å². The molecule has 260 valence electrons. The van der Waals surface area contributed by atoms with Gasteiger partial charge in [0.05, 0.1) is 0 Å². The van der Waals surface area contributed by atoms with Crippen molar-refractivity contribution in [2.75, 3.05) is 0 Å². The van der Waals surface area contributed by atoms with Gasteiger partial charge < -0.3 is 19.7 Å². The zero-order valence-corrected chi connectivity index (χ0v) is 29.4. The molecule has 0 amide bonds. The largest absolute Gasteiger partial charge is 0.466 e. The van der Waals surface area contributed by atoms with Crippen LogP contribution in [-0.4, -0.2) is 51.9 Å². The van der Waals surface area contributed by atoms with Gasteiger partial charge >= 0.3 is 0 Å². The van der Waals surface area contributed by atoms with E-state index in [1.54, 1.807) is 22.0 Å². The standard InChI is InChI=1S/2C20H23N3O2/c2*1-20(2,3)18(24)19(23-14-21-13-22-23)25-17-11-9-16(10-12-17)15-7-5-4-6-8-15/h2*4-14,18-19,24H,1-3H3. The van der Waals surface area contributed by atoms with Crippen LogP contribution in [0.15, 0.2) is 135 Å². The summed E-state index contributed by atoms with van der Waals surface area (Å²) in [6, 6.07) is 36.0. The molecule has 10 nitrogen and oxygen atoms in total. The van der Waals surface area contributed by atoms with Crippen LogP contribution in [0.25, 0.3) is 22.3 Å². The third-order valence-electron chi connectivity index (χ3n) is 8.15. The monoisotopic (exact) mass is 674 g/mol. The lowest BCUT2D eigenvalue weighted by molar-refractivity contribution is -0.0731. The van der Waals surface area contributed by atoms with E-state index in [1.165, 1.54) is 12.7 Å². The molecule has 10 heteroatoms. The Labute approximate surface area is 294 Å². The number of hydrogen-bond donors (Lipinski definition) is 2. The molecule has 0 saturated heterocycles. The first-order valence-electron chi connectivity index (χ1n) is 16.6. The van der Waals surface area contributed by atoms with Gasteiger partial charge in [0.1, 0.15) is 49.0 Å². The Kier molecular flexibility index (Phi) is 11.5. The maximum atomic E-state index is 10.7. The number of benzene rings is 4. The lowest BCUT2D eigenvalue weighted by Gasteiger charge is -2.32. The van der Waals surface area contributed by atoms with Crippen LogP contribution in [0.4, 0.5) is 0 Å². The second-order valence-corrected chi connectivity index (χ2v) is 14.2. The van der Waals surface area contributed by atoms with Gasteiger partial charge in [-0.2, -0.15) is 10.2 Å². The number of nitrogens with zero attached hydrogens (tertiary/aromatic N) is 6. The van der Waals surface area contributed by atoms with Crippen LogP contribution in [0.5, 0.6) is 11.5 Å². The molecule has 0 fully saturated rings. The lowest BCUT2D eigenvalue weighted by Crippen LogP contribution is -2.38. The van der Waals surface area contributed by atoms with Crippen molar-refractivity contribution in [2.24, 2.45) is 10.8 Å². The molecule has 4 atom stereocenters. The van der Waals surface area contributed by atoms with E-state index in [0.29, 0.717) is 11.5 Å². The Bertz CT molecular complexity index is 1700. The van der Waals surface area contributed by atoms with Crippen LogP contribution < -0.4 is 9.47 Å². The van der Waals surface area contributed by atoms with Crippen LogP contribution in [0.2, 0.25) is 0 Å². The van der Waals surface area contributed by atoms with Crippen LogP contribution in [0.3, 0.4) is 0 Å². The Morgan fingerprint density at radius 3 is 1.08 bits per heavy atom. The van der Waals surface area contributed by atoms with E-state index in [9.17, 15) is 10.2 Å². The first-order chi connectivity index (χ1) is 23.9. The molecule has 6 rings (SSSR count). The third-order valence-corrected chi connectivity index (χ3v) is 8.15. The van der Waals surface area contributed by atoms with Crippen LogP contribution >= 0.6 is 0 Å². The van der Waals surface area contributed by atoms with Gasteiger partial charge in [0.2, 0.25) is 12.5 Å². The maximum Gasteiger partial charge on any atom is 0.219 e. The fourth-order valence-corrected chi connectivity index (χ4v) is 5.07. The summed E-state index contributed by atoms with van der Waals surface area (Å²) in [6.45, 7) is 11.8. The topological polar surface area (TPSA) is 120 Å². The predicted molar refractivity (Wildman–Crippen MR) is 194 cm³/mol. The van der Waals surface area contributed by atoms with Gasteiger partial charge in [-0.15, -0.1) is 0 Å². The van der Waals surface area contributed by atoms with Crippen molar-refractivity contribution in [3.8, 4) is 33.8 Å². The highest BCUT2D eigenvalue weighted by molar-refractivity contribution is 5.64. The Hall–Kier alpha value is -5.32. The fourth-order valence-electron chi connectivity index (χ4n) is 5.07. The molecule has 2 heterocycles. The van der Waals surface area contributed by atoms with Crippen LogP contribution in [0, 0.1) is 10.8 Å². The highest BCUT2D eigenvalue weighted by Crippen LogP contribution is 2.32. The minimum Gasteiger partial charge on any atom is -0.466 e. The van der Waals surface area contributed by atoms with Crippen molar-refractivity contribution in [1.29, 1.82) is 0 Å². The first-order valence-corrected chi connectivity index (χ1v) is 16.6. The number of hydrogen-bond acceptors (Lipinski definition) is 8. The second kappa shape index (κ2) is 15.9. The van der Waals surface area contributed by atoms with E-state index in [4.69, 9.17) is 9.47 Å². The molecule has 2 aromatic heterocycles. The van der Waals surface area contributed by atoms with E-state index in [-0.39, 0.29) is 10.8 Å². The van der Waals surface area contributed by atoms with Crippen molar-refractivity contribution in [1.82, 2.24) is 29.5 Å². The number of aliphatic hydroxyl groups is 2. The smallest absolute Gasteiger partial charge is 0.219 e. The molecule has 4 unspecified atom stereocenters. The molecule has 2 N–H and O–H groups in total. The molecule has 0 spiro atoms. The van der Waals surface area contributed by atoms with Gasteiger partial charge in [-0.3, -0.25) is 0 Å². The van der Waals surface area contributed by atoms with Gasteiger partial charge in [-0.05, 0) is 57.3 Å². The quantitative estimate of drug-likeness (QED) is 0.151. The molecule has 4 aromatic carbocycles. The fraction of sp³-hybridized carbons (Fsp3) is 0.300. The number of ether oxygens (including phenoxy) is 2. The Balaban J connectivity index is 0.000000194. The van der Waals surface area contributed by atoms with Gasteiger partial charge in [-0.25, -0.2) is 19.3 Å². The molecule has 0 saturated carbocycles. The summed E-state index contributed by atoms with van der Waals surface area (Å²) in [6.07, 6.45) is 3.19. The SMILES string of the molecule is CC(C)(C)C(O)C(Oc1ccc(-c2ccccc2)cc1)n1cncn1.CC(C)(C)C(O)C(Oc1ccc(-c2ccccc2)cc1)n1cncn1. The van der Waals surface area contributed by atoms with Crippen molar-refractivity contribution in [3.63, 3.8) is 0 Å². The first kappa shape index (κ1) is 36.0. The molecule has 0 bridgehead atoms. The lowest BCUT2D eigenvalue weighted by atomic mass is 9.88. The average molecular weight is 675 g/mol. The van der Waals surface area contributed by atoms with Crippen molar-refractivity contribution >= 4 is 0 Å². The summed E-state index contributed by atoms with van der Waals surface area (Å²) in [5.74, 6) is 1.34. The second-order valence-electron chi connectivity index (χ2n) is 14.2. The molecule has 6 aromatic rings. The van der Waals surface area contributed by atoms with Crippen LogP contribution in [-0.2, 0) is 0 Å². The van der Waals surface area contributed by atoms with E-state index in [1.807, 2.05) is 126 Å². The molecular weight excluding hydrogens is 628 g/mol. The van der Waals surface area contributed by atoms with Gasteiger partial charge in [0.15, 0.2) is 0 Å². The summed E-state index contributed by atoms with van der Waals surface area (Å²) >= 11 is 0. The van der Waals surface area contributed by atoms with E-state index in [2.05, 4.69) is 44.4 Å². The average Bonchev–Trinajstić information content (AvgIpc) is 3.86. The van der Waals surface area contributed by atoms with Crippen molar-refractivity contribution < 1.29 is 19.7 Å².